The molecule has 0 aliphatic heterocycles. The molecule has 0 fully saturated rings. The van der Waals surface area contributed by atoms with Gasteiger partial charge in [0.2, 0.25) is 5.91 Å². The Morgan fingerprint density at radius 1 is 1.50 bits per heavy atom. The summed E-state index contributed by atoms with van der Waals surface area (Å²) in [6.07, 6.45) is 4.31. The van der Waals surface area contributed by atoms with Gasteiger partial charge >= 0.3 is 0 Å². The van der Waals surface area contributed by atoms with E-state index < -0.39 is 0 Å². The third kappa shape index (κ3) is 4.19. The van der Waals surface area contributed by atoms with E-state index in [-0.39, 0.29) is 11.9 Å². The van der Waals surface area contributed by atoms with E-state index in [9.17, 15) is 4.79 Å². The zero-order valence-electron chi connectivity index (χ0n) is 9.53. The van der Waals surface area contributed by atoms with Crippen LogP contribution in [0.25, 0.3) is 6.08 Å². The first-order chi connectivity index (χ1) is 7.63. The number of carbonyl (C=O) groups excluding carboxylic acids is 1. The smallest absolute Gasteiger partial charge is 0.244 e. The van der Waals surface area contributed by atoms with Crippen molar-refractivity contribution in [3.63, 3.8) is 0 Å². The predicted molar refractivity (Wildman–Crippen MR) is 71.1 cm³/mol. The van der Waals surface area contributed by atoms with E-state index in [1.807, 2.05) is 44.2 Å². The van der Waals surface area contributed by atoms with Crippen LogP contribution >= 0.6 is 15.9 Å². The number of hydrogen-bond donors (Lipinski definition) is 1. The maximum absolute atomic E-state index is 11.5. The minimum atomic E-state index is -0.0508. The first-order valence-corrected chi connectivity index (χ1v) is 6.16. The van der Waals surface area contributed by atoms with Crippen LogP contribution in [0.15, 0.2) is 34.8 Å². The van der Waals surface area contributed by atoms with Crippen molar-refractivity contribution in [1.29, 1.82) is 0 Å². The molecule has 1 aromatic rings. The van der Waals surface area contributed by atoms with Gasteiger partial charge in [-0.15, -0.1) is 0 Å². The second-order valence-corrected chi connectivity index (χ2v) is 4.53. The van der Waals surface area contributed by atoms with Gasteiger partial charge in [0.25, 0.3) is 0 Å². The average Bonchev–Trinajstić information content (AvgIpc) is 2.28. The van der Waals surface area contributed by atoms with Gasteiger partial charge in [-0.3, -0.25) is 4.79 Å². The minimum Gasteiger partial charge on any atom is -0.350 e. The van der Waals surface area contributed by atoms with Gasteiger partial charge in [-0.25, -0.2) is 0 Å². The molecule has 3 heteroatoms. The number of amides is 1. The molecule has 0 aromatic heterocycles. The molecule has 86 valence electrons. The predicted octanol–water partition coefficient (Wildman–Crippen LogP) is 3.38. The number of nitrogens with one attached hydrogen (secondary N) is 1. The highest BCUT2D eigenvalue weighted by Crippen LogP contribution is 2.16. The number of hydrogen-bond acceptors (Lipinski definition) is 1. The van der Waals surface area contributed by atoms with Crippen molar-refractivity contribution in [2.45, 2.75) is 26.3 Å². The molecule has 0 bridgehead atoms. The fourth-order valence-corrected chi connectivity index (χ4v) is 1.59. The summed E-state index contributed by atoms with van der Waals surface area (Å²) in [4.78, 5) is 11.5. The molecule has 0 unspecified atom stereocenters. The van der Waals surface area contributed by atoms with Crippen LogP contribution < -0.4 is 5.32 Å². The molecule has 0 radical (unpaired) electrons. The summed E-state index contributed by atoms with van der Waals surface area (Å²) in [5, 5.41) is 2.88. The SMILES string of the molecule is CC[C@@H](C)NC(=O)/C=C\c1ccccc1Br. The Kier molecular flexibility index (Phi) is 5.26. The van der Waals surface area contributed by atoms with E-state index >= 15 is 0 Å². The Balaban J connectivity index is 2.60. The molecule has 1 atom stereocenters. The van der Waals surface area contributed by atoms with Crippen LogP contribution in [0.3, 0.4) is 0 Å². The van der Waals surface area contributed by atoms with Crippen LogP contribution in [0.5, 0.6) is 0 Å². The molecule has 1 aromatic carbocycles. The summed E-state index contributed by atoms with van der Waals surface area (Å²) in [6, 6.07) is 8.01. The van der Waals surface area contributed by atoms with Crippen LogP contribution in [0.4, 0.5) is 0 Å². The molecular weight excluding hydrogens is 266 g/mol. The lowest BCUT2D eigenvalue weighted by atomic mass is 10.2. The Morgan fingerprint density at radius 3 is 2.81 bits per heavy atom. The van der Waals surface area contributed by atoms with E-state index in [4.69, 9.17) is 0 Å². The standard InChI is InChI=1S/C13H16BrNO/c1-3-10(2)15-13(16)9-8-11-6-4-5-7-12(11)14/h4-10H,3H2,1-2H3,(H,15,16)/b9-8-/t10-/m1/s1. The summed E-state index contributed by atoms with van der Waals surface area (Å²) in [6.45, 7) is 4.03. The van der Waals surface area contributed by atoms with Gasteiger partial charge in [-0.1, -0.05) is 41.1 Å². The third-order valence-corrected chi connectivity index (χ3v) is 3.04. The highest BCUT2D eigenvalue weighted by atomic mass is 79.9. The second kappa shape index (κ2) is 6.48. The monoisotopic (exact) mass is 281 g/mol. The second-order valence-electron chi connectivity index (χ2n) is 3.67. The fraction of sp³-hybridized carbons (Fsp3) is 0.308. The summed E-state index contributed by atoms with van der Waals surface area (Å²) >= 11 is 3.43. The van der Waals surface area contributed by atoms with Gasteiger partial charge in [-0.2, -0.15) is 0 Å². The van der Waals surface area contributed by atoms with E-state index in [1.54, 1.807) is 6.08 Å². The topological polar surface area (TPSA) is 29.1 Å². The minimum absolute atomic E-state index is 0.0508. The lowest BCUT2D eigenvalue weighted by Crippen LogP contribution is -2.30. The van der Waals surface area contributed by atoms with Crippen LogP contribution in [0.2, 0.25) is 0 Å². The molecule has 0 aliphatic carbocycles. The zero-order valence-corrected chi connectivity index (χ0v) is 11.1. The number of benzene rings is 1. The molecule has 0 saturated carbocycles. The molecule has 1 amide bonds. The quantitative estimate of drug-likeness (QED) is 0.843. The Labute approximate surface area is 105 Å². The van der Waals surface area contributed by atoms with Gasteiger partial charge in [0.1, 0.15) is 0 Å². The highest BCUT2D eigenvalue weighted by molar-refractivity contribution is 9.10. The fourth-order valence-electron chi connectivity index (χ4n) is 1.17. The van der Waals surface area contributed by atoms with Crippen molar-refractivity contribution in [2.75, 3.05) is 0 Å². The van der Waals surface area contributed by atoms with Gasteiger partial charge in [-0.05, 0) is 31.1 Å². The lowest BCUT2D eigenvalue weighted by Gasteiger charge is -2.08. The normalized spacial score (nSPS) is 12.7. The van der Waals surface area contributed by atoms with Gasteiger partial charge < -0.3 is 5.32 Å². The molecule has 1 N–H and O–H groups in total. The largest absolute Gasteiger partial charge is 0.350 e. The van der Waals surface area contributed by atoms with Crippen molar-refractivity contribution in [1.82, 2.24) is 5.32 Å². The molecule has 0 aliphatic rings. The first kappa shape index (κ1) is 13.0. The molecular formula is C13H16BrNO. The maximum Gasteiger partial charge on any atom is 0.244 e. The summed E-state index contributed by atoms with van der Waals surface area (Å²) in [5.74, 6) is -0.0508. The van der Waals surface area contributed by atoms with Gasteiger partial charge in [0.15, 0.2) is 0 Å². The molecule has 0 heterocycles. The number of rotatable bonds is 4. The maximum atomic E-state index is 11.5. The summed E-state index contributed by atoms with van der Waals surface area (Å²) in [5.41, 5.74) is 1.00. The zero-order chi connectivity index (χ0) is 12.0. The number of halogens is 1. The van der Waals surface area contributed by atoms with E-state index in [1.165, 1.54) is 0 Å². The molecule has 0 spiro atoms. The van der Waals surface area contributed by atoms with Crippen molar-refractivity contribution in [2.24, 2.45) is 0 Å². The molecule has 16 heavy (non-hydrogen) atoms. The van der Waals surface area contributed by atoms with Crippen molar-refractivity contribution >= 4 is 27.9 Å². The Bertz CT molecular complexity index is 387. The molecule has 2 nitrogen and oxygen atoms in total. The van der Waals surface area contributed by atoms with E-state index in [0.717, 1.165) is 16.5 Å². The Morgan fingerprint density at radius 2 is 2.19 bits per heavy atom. The van der Waals surface area contributed by atoms with Gasteiger partial charge in [0.05, 0.1) is 0 Å². The van der Waals surface area contributed by atoms with Crippen LogP contribution in [0.1, 0.15) is 25.8 Å². The highest BCUT2D eigenvalue weighted by Gasteiger charge is 2.01. The molecule has 0 saturated heterocycles. The average molecular weight is 282 g/mol. The first-order valence-electron chi connectivity index (χ1n) is 5.36. The summed E-state index contributed by atoms with van der Waals surface area (Å²) < 4.78 is 0.989. The van der Waals surface area contributed by atoms with E-state index in [0.29, 0.717) is 0 Å². The van der Waals surface area contributed by atoms with Crippen LogP contribution in [0, 0.1) is 0 Å². The Hall–Kier alpha value is -1.09. The van der Waals surface area contributed by atoms with Gasteiger partial charge in [0, 0.05) is 16.6 Å². The molecule has 1 rings (SSSR count). The lowest BCUT2D eigenvalue weighted by molar-refractivity contribution is -0.117. The summed E-state index contributed by atoms with van der Waals surface area (Å²) in [7, 11) is 0. The van der Waals surface area contributed by atoms with Crippen molar-refractivity contribution < 1.29 is 4.79 Å². The third-order valence-electron chi connectivity index (χ3n) is 2.32. The van der Waals surface area contributed by atoms with Crippen LogP contribution in [-0.4, -0.2) is 11.9 Å². The van der Waals surface area contributed by atoms with Crippen LogP contribution in [-0.2, 0) is 4.79 Å². The van der Waals surface area contributed by atoms with Crippen molar-refractivity contribution in [3.8, 4) is 0 Å². The number of carbonyl (C=O) groups is 1. The van der Waals surface area contributed by atoms with Crippen molar-refractivity contribution in [3.05, 3.63) is 40.4 Å². The van der Waals surface area contributed by atoms with E-state index in [2.05, 4.69) is 21.2 Å².